The highest BCUT2D eigenvalue weighted by molar-refractivity contribution is 6.25. The molecule has 0 bridgehead atoms. The number of hydrogen-bond acceptors (Lipinski definition) is 1. The van der Waals surface area contributed by atoms with Crippen LogP contribution in [0.2, 0.25) is 0 Å². The van der Waals surface area contributed by atoms with Gasteiger partial charge in [0.05, 0.1) is 0 Å². The van der Waals surface area contributed by atoms with E-state index >= 15 is 0 Å². The maximum absolute atomic E-state index is 6.64. The summed E-state index contributed by atoms with van der Waals surface area (Å²) in [5.41, 5.74) is 10.0. The predicted octanol–water partition coefficient (Wildman–Crippen LogP) is 11.0. The molecular weight excluding hydrogens is 496 g/mol. The minimum Gasteiger partial charge on any atom is -0.456 e. The van der Waals surface area contributed by atoms with E-state index in [9.17, 15) is 0 Å². The summed E-state index contributed by atoms with van der Waals surface area (Å²) in [6.45, 7) is 0. The smallest absolute Gasteiger partial charge is 0.138 e. The molecule has 0 saturated carbocycles. The van der Waals surface area contributed by atoms with Crippen molar-refractivity contribution in [1.29, 1.82) is 0 Å². The third-order valence-electron chi connectivity index (χ3n) is 8.98. The van der Waals surface area contributed by atoms with Gasteiger partial charge in [-0.05, 0) is 79.0 Å². The number of fused-ring (bicyclic) bond motifs is 8. The Labute approximate surface area is 238 Å². The second-order valence-corrected chi connectivity index (χ2v) is 11.1. The first kappa shape index (κ1) is 22.7. The van der Waals surface area contributed by atoms with Gasteiger partial charge in [-0.2, -0.15) is 0 Å². The Morgan fingerprint density at radius 3 is 1.71 bits per heavy atom. The van der Waals surface area contributed by atoms with Crippen LogP contribution in [0.3, 0.4) is 0 Å². The molecule has 0 aliphatic heterocycles. The van der Waals surface area contributed by atoms with E-state index in [0.717, 1.165) is 24.2 Å². The topological polar surface area (TPSA) is 13.1 Å². The first-order chi connectivity index (χ1) is 20.4. The van der Waals surface area contributed by atoms with E-state index in [2.05, 4.69) is 133 Å². The van der Waals surface area contributed by atoms with Gasteiger partial charge in [-0.3, -0.25) is 0 Å². The van der Waals surface area contributed by atoms with Crippen LogP contribution in [0.5, 0.6) is 0 Å². The molecule has 0 saturated heterocycles. The molecule has 0 spiro atoms. The highest BCUT2D eigenvalue weighted by Gasteiger charge is 2.26. The third kappa shape index (κ3) is 3.24. The number of furan rings is 1. The standard InChI is InChI=1S/C40H26O/c1-3-14-27-25(11-1)13-9-20-29(27)37-30-16-5-7-18-32(30)38(33-19-8-6-17-31(33)37)34-21-10-22-36-39(34)35-24-23-26-12-2-4-15-28(26)40(35)41-36/h1-22H,23-24H2. The Hall–Kier alpha value is -5.14. The number of rotatable bonds is 2. The fraction of sp³-hybridized carbons (Fsp3) is 0.0500. The Kier molecular flexibility index (Phi) is 4.80. The molecule has 0 unspecified atom stereocenters. The van der Waals surface area contributed by atoms with Gasteiger partial charge in [-0.15, -0.1) is 0 Å². The van der Waals surface area contributed by atoms with Crippen molar-refractivity contribution < 1.29 is 4.42 Å². The molecule has 1 aliphatic rings. The number of aryl methyl sites for hydroxylation is 2. The molecule has 0 N–H and O–H groups in total. The molecule has 0 atom stereocenters. The first-order valence-corrected chi connectivity index (χ1v) is 14.4. The Morgan fingerprint density at radius 1 is 0.415 bits per heavy atom. The van der Waals surface area contributed by atoms with Gasteiger partial charge in [0.2, 0.25) is 0 Å². The zero-order valence-electron chi connectivity index (χ0n) is 22.5. The van der Waals surface area contributed by atoms with E-state index in [1.54, 1.807) is 0 Å². The van der Waals surface area contributed by atoms with E-state index in [4.69, 9.17) is 4.42 Å². The van der Waals surface area contributed by atoms with Gasteiger partial charge < -0.3 is 4.42 Å². The molecule has 7 aromatic carbocycles. The fourth-order valence-electron chi connectivity index (χ4n) is 7.25. The van der Waals surface area contributed by atoms with Crippen LogP contribution in [-0.4, -0.2) is 0 Å². The van der Waals surface area contributed by atoms with Crippen molar-refractivity contribution in [3.05, 3.63) is 145 Å². The third-order valence-corrected chi connectivity index (χ3v) is 8.98. The summed E-state index contributed by atoms with van der Waals surface area (Å²) < 4.78 is 6.64. The molecule has 0 radical (unpaired) electrons. The fourth-order valence-corrected chi connectivity index (χ4v) is 7.25. The van der Waals surface area contributed by atoms with Crippen LogP contribution < -0.4 is 0 Å². The lowest BCUT2D eigenvalue weighted by molar-refractivity contribution is 0.621. The van der Waals surface area contributed by atoms with Crippen molar-refractivity contribution in [1.82, 2.24) is 0 Å². The van der Waals surface area contributed by atoms with Crippen LogP contribution in [0, 0.1) is 0 Å². The van der Waals surface area contributed by atoms with Gasteiger partial charge >= 0.3 is 0 Å². The average molecular weight is 523 g/mol. The summed E-state index contributed by atoms with van der Waals surface area (Å²) in [4.78, 5) is 0. The van der Waals surface area contributed by atoms with Crippen LogP contribution in [-0.2, 0) is 12.8 Å². The molecule has 0 amide bonds. The second-order valence-electron chi connectivity index (χ2n) is 11.1. The van der Waals surface area contributed by atoms with E-state index in [-0.39, 0.29) is 0 Å². The van der Waals surface area contributed by atoms with Crippen molar-refractivity contribution in [2.75, 3.05) is 0 Å². The molecule has 0 fully saturated rings. The highest BCUT2D eigenvalue weighted by atomic mass is 16.3. The lowest BCUT2D eigenvalue weighted by Crippen LogP contribution is -2.01. The van der Waals surface area contributed by atoms with Crippen molar-refractivity contribution in [3.63, 3.8) is 0 Å². The van der Waals surface area contributed by atoms with E-state index < -0.39 is 0 Å². The Bertz CT molecular complexity index is 2250. The van der Waals surface area contributed by atoms with Gasteiger partial charge in [-0.25, -0.2) is 0 Å². The summed E-state index contributed by atoms with van der Waals surface area (Å²) in [6.07, 6.45) is 2.02. The van der Waals surface area contributed by atoms with Crippen molar-refractivity contribution in [2.24, 2.45) is 0 Å². The maximum Gasteiger partial charge on any atom is 0.138 e. The summed E-state index contributed by atoms with van der Waals surface area (Å²) >= 11 is 0. The van der Waals surface area contributed by atoms with Crippen LogP contribution in [0.15, 0.2) is 138 Å². The molecule has 9 rings (SSSR count). The normalized spacial score (nSPS) is 12.7. The zero-order valence-corrected chi connectivity index (χ0v) is 22.5. The minimum absolute atomic E-state index is 0.968. The molecule has 192 valence electrons. The molecule has 1 heteroatoms. The van der Waals surface area contributed by atoms with E-state index in [0.29, 0.717) is 0 Å². The first-order valence-electron chi connectivity index (χ1n) is 14.4. The molecule has 1 heterocycles. The van der Waals surface area contributed by atoms with Crippen LogP contribution in [0.4, 0.5) is 0 Å². The number of benzene rings is 7. The van der Waals surface area contributed by atoms with Gasteiger partial charge in [-0.1, -0.05) is 127 Å². The quantitative estimate of drug-likeness (QED) is 0.206. The second kappa shape index (κ2) is 8.68. The summed E-state index contributed by atoms with van der Waals surface area (Å²) in [5.74, 6) is 1.04. The van der Waals surface area contributed by atoms with Gasteiger partial charge in [0.15, 0.2) is 0 Å². The van der Waals surface area contributed by atoms with Gasteiger partial charge in [0.1, 0.15) is 11.3 Å². The average Bonchev–Trinajstić information content (AvgIpc) is 3.43. The Balaban J connectivity index is 1.43. The largest absolute Gasteiger partial charge is 0.456 e. The lowest BCUT2D eigenvalue weighted by atomic mass is 9.82. The van der Waals surface area contributed by atoms with Gasteiger partial charge in [0.25, 0.3) is 0 Å². The molecule has 1 aliphatic carbocycles. The molecule has 1 nitrogen and oxygen atoms in total. The van der Waals surface area contributed by atoms with Crippen molar-refractivity contribution in [3.8, 4) is 33.6 Å². The molecule has 41 heavy (non-hydrogen) atoms. The molecule has 1 aromatic heterocycles. The number of hydrogen-bond donors (Lipinski definition) is 0. The maximum atomic E-state index is 6.64. The van der Waals surface area contributed by atoms with Crippen LogP contribution in [0.25, 0.3) is 76.9 Å². The summed E-state index contributed by atoms with van der Waals surface area (Å²) in [7, 11) is 0. The van der Waals surface area contributed by atoms with Gasteiger partial charge in [0, 0.05) is 16.5 Å². The van der Waals surface area contributed by atoms with E-state index in [1.807, 2.05) is 0 Å². The minimum atomic E-state index is 0.968. The van der Waals surface area contributed by atoms with E-state index in [1.165, 1.54) is 76.6 Å². The lowest BCUT2D eigenvalue weighted by Gasteiger charge is -2.20. The SMILES string of the molecule is c1ccc2c(c1)CCc1c-2oc2cccc(-c3c4ccccc4c(-c4cccc5ccccc45)c4ccccc34)c12. The van der Waals surface area contributed by atoms with Crippen LogP contribution >= 0.6 is 0 Å². The highest BCUT2D eigenvalue weighted by Crippen LogP contribution is 2.49. The molecular formula is C40H26O. The summed E-state index contributed by atoms with van der Waals surface area (Å²) in [5, 5.41) is 8.89. The molecule has 8 aromatic rings. The predicted molar refractivity (Wildman–Crippen MR) is 172 cm³/mol. The summed E-state index contributed by atoms with van der Waals surface area (Å²) in [6, 6.07) is 48.6. The zero-order chi connectivity index (χ0) is 26.9. The monoisotopic (exact) mass is 522 g/mol. The Morgan fingerprint density at radius 2 is 0.951 bits per heavy atom. The van der Waals surface area contributed by atoms with Crippen LogP contribution in [0.1, 0.15) is 11.1 Å². The van der Waals surface area contributed by atoms with Crippen molar-refractivity contribution >= 4 is 43.3 Å². The van der Waals surface area contributed by atoms with Crippen molar-refractivity contribution in [2.45, 2.75) is 12.8 Å².